The second-order valence-corrected chi connectivity index (χ2v) is 37.2. The van der Waals surface area contributed by atoms with Gasteiger partial charge < -0.3 is 235 Å². The van der Waals surface area contributed by atoms with E-state index < -0.39 is 288 Å². The third kappa shape index (κ3) is 30.5. The number of ether oxygens (including phenoxy) is 16. The molecule has 0 aromatic heterocycles. The van der Waals surface area contributed by atoms with E-state index >= 15 is 0 Å². The van der Waals surface area contributed by atoms with E-state index in [1.54, 1.807) is 13.8 Å². The van der Waals surface area contributed by atoms with Crippen LogP contribution >= 0.6 is 71.9 Å². The van der Waals surface area contributed by atoms with Crippen molar-refractivity contribution in [3.8, 4) is 0 Å². The standard InChI is InChI=1S/C74H135N7O41S6/c1-31-33(112-65(52(99)41(31)88)120-60-38(25-85)115-63(107-3)55(102)49(60)96)20-78-71(123)75-8-11-81(12-9-76-72(124)79-21-34-32(2)42(89)53(100)66(113-34)121-61-39(26-86)116-64(108-4)56(103)50(61)97)13-10-77-73(125)80-74(28-109-14-5-17-126-68-57(104)47(94)44(91)36(23-83)117-68,29-110-15-6-18-127-69-58(105)48(95)45(92)37(24-84)118-69)30-111-16-7-19-128-70-59(106)51(98)62(40(27-87)119-70)122-67-54(101)46(93)43(90)35(22-82)114-67/h31-70,82-106H,5-30H2,1-4H3,(H2,75,78,123)(H2,76,79,124)(H2,77,80,125)/t31?,32?,33?,34?,35?,36?,37?,38?,39?,40?,41?,42?,43-,44-,45-,46-,47-,48-,49?,50?,51+,52?,53?,54?,55?,56?,57?,58?,59?,60?,61?,62-,63+,64+,65-,66-,67-,68-,69-,70-,74?/m0/s1. The predicted octanol–water partition coefficient (Wildman–Crippen LogP) is -14.8. The van der Waals surface area contributed by atoms with Crippen LogP contribution in [0.15, 0.2) is 0 Å². The zero-order chi connectivity index (χ0) is 94.0. The molecule has 8 aliphatic rings. The van der Waals surface area contributed by atoms with Crippen LogP contribution in [0.25, 0.3) is 0 Å². The van der Waals surface area contributed by atoms with Gasteiger partial charge in [-0.05, 0) is 73.2 Å². The van der Waals surface area contributed by atoms with E-state index in [0.29, 0.717) is 12.8 Å². The minimum Gasteiger partial charge on any atom is -0.394 e. The zero-order valence-corrected chi connectivity index (χ0v) is 76.0. The first-order valence-electron chi connectivity index (χ1n) is 42.3. The Kier molecular flexibility index (Phi) is 48.3. The number of hydrogen-bond acceptors (Lipinski definition) is 48. The molecule has 8 fully saturated rings. The number of thioether (sulfide) groups is 3. The maximum Gasteiger partial charge on any atom is 0.187 e. The van der Waals surface area contributed by atoms with Crippen molar-refractivity contribution in [2.24, 2.45) is 11.8 Å². The van der Waals surface area contributed by atoms with Gasteiger partial charge in [0.2, 0.25) is 0 Å². The average Bonchev–Trinajstić information content (AvgIpc) is 0.790. The lowest BCUT2D eigenvalue weighted by Gasteiger charge is -2.46. The van der Waals surface area contributed by atoms with Gasteiger partial charge in [0, 0.05) is 98.2 Å². The summed E-state index contributed by atoms with van der Waals surface area (Å²) in [5.74, 6) is -0.700. The van der Waals surface area contributed by atoms with E-state index in [4.69, 9.17) is 112 Å². The fourth-order valence-corrected chi connectivity index (χ4v) is 19.3. The molecule has 0 amide bonds. The molecule has 54 heteroatoms. The van der Waals surface area contributed by atoms with Gasteiger partial charge in [-0.25, -0.2) is 0 Å². The van der Waals surface area contributed by atoms with Crippen molar-refractivity contribution in [2.75, 3.05) is 163 Å². The molecule has 8 saturated heterocycles. The second kappa shape index (κ2) is 55.3. The quantitative estimate of drug-likeness (QED) is 0.0199. The molecule has 0 spiro atoms. The topological polar surface area (TPSA) is 729 Å². The van der Waals surface area contributed by atoms with E-state index in [9.17, 15) is 128 Å². The van der Waals surface area contributed by atoms with Crippen LogP contribution in [0.2, 0.25) is 0 Å². The van der Waals surface area contributed by atoms with E-state index in [-0.39, 0.29) is 131 Å². The van der Waals surface area contributed by atoms with Crippen molar-refractivity contribution in [1.82, 2.24) is 36.8 Å². The number of methoxy groups -OCH3 is 2. The first-order valence-corrected chi connectivity index (χ1v) is 46.7. The lowest BCUT2D eigenvalue weighted by Crippen LogP contribution is -2.64. The summed E-state index contributed by atoms with van der Waals surface area (Å²) in [4.78, 5) is 1.99. The highest BCUT2D eigenvalue weighted by molar-refractivity contribution is 8.00. The van der Waals surface area contributed by atoms with Crippen LogP contribution in [-0.2, 0) is 75.8 Å². The summed E-state index contributed by atoms with van der Waals surface area (Å²) in [6.45, 7) is -0.244. The number of aliphatic hydroxyl groups is 25. The Hall–Kier alpha value is -1.56. The highest BCUT2D eigenvalue weighted by Gasteiger charge is 2.55. The van der Waals surface area contributed by atoms with Gasteiger partial charge in [-0.2, -0.15) is 0 Å². The molecule has 748 valence electrons. The van der Waals surface area contributed by atoms with Crippen LogP contribution < -0.4 is 31.9 Å². The van der Waals surface area contributed by atoms with Gasteiger partial charge in [-0.1, -0.05) is 13.8 Å². The average molecular weight is 1970 g/mol. The number of nitrogens with zero attached hydrogens (tertiary/aromatic N) is 1. The minimum atomic E-state index is -1.88. The first-order chi connectivity index (χ1) is 61.1. The van der Waals surface area contributed by atoms with Crippen molar-refractivity contribution in [3.05, 3.63) is 0 Å². The minimum absolute atomic E-state index is 0.0101. The number of nitrogens with one attached hydrogen (secondary N) is 6. The molecular formula is C74H135N7O41S6. The van der Waals surface area contributed by atoms with Gasteiger partial charge in [0.05, 0.1) is 83.9 Å². The second-order valence-electron chi connectivity index (χ2n) is 32.4. The predicted molar refractivity (Wildman–Crippen MR) is 457 cm³/mol. The molecule has 8 heterocycles. The molecule has 0 saturated carbocycles. The van der Waals surface area contributed by atoms with Gasteiger partial charge in [0.1, 0.15) is 181 Å². The molecule has 0 aromatic rings. The molecule has 40 atom stereocenters. The fraction of sp³-hybridized carbons (Fsp3) is 0.959. The van der Waals surface area contributed by atoms with Gasteiger partial charge >= 0.3 is 0 Å². The summed E-state index contributed by atoms with van der Waals surface area (Å²) in [5.41, 5.74) is -4.61. The smallest absolute Gasteiger partial charge is 0.187 e. The summed E-state index contributed by atoms with van der Waals surface area (Å²) in [6.07, 6.45) is -51.4. The van der Waals surface area contributed by atoms with Crippen molar-refractivity contribution >= 4 is 87.3 Å². The van der Waals surface area contributed by atoms with Gasteiger partial charge in [0.15, 0.2) is 46.8 Å². The van der Waals surface area contributed by atoms with Crippen LogP contribution in [0.3, 0.4) is 0 Å². The molecule has 128 heavy (non-hydrogen) atoms. The van der Waals surface area contributed by atoms with E-state index in [2.05, 4.69) is 31.9 Å². The maximum absolute atomic E-state index is 11.4. The van der Waals surface area contributed by atoms with Crippen LogP contribution in [0, 0.1) is 11.8 Å². The van der Waals surface area contributed by atoms with Crippen molar-refractivity contribution < 1.29 is 203 Å². The van der Waals surface area contributed by atoms with E-state index in [1.165, 1.54) is 14.2 Å². The Morgan fingerprint density at radius 3 is 0.938 bits per heavy atom. The normalized spacial score (nSPS) is 41.2. The molecule has 0 radical (unpaired) electrons. The van der Waals surface area contributed by atoms with Gasteiger partial charge in [0.25, 0.3) is 0 Å². The number of thiocarbonyl (C=S) groups is 3. The summed E-state index contributed by atoms with van der Waals surface area (Å²) < 4.78 is 93.1. The summed E-state index contributed by atoms with van der Waals surface area (Å²) in [5, 5.41) is 285. The van der Waals surface area contributed by atoms with Gasteiger partial charge in [-0.15, -0.1) is 35.3 Å². The van der Waals surface area contributed by atoms with E-state index in [0.717, 1.165) is 35.3 Å². The highest BCUT2D eigenvalue weighted by Crippen LogP contribution is 2.38. The summed E-state index contributed by atoms with van der Waals surface area (Å²) in [6, 6.07) is 0. The molecular weight excluding hydrogens is 1840 g/mol. The van der Waals surface area contributed by atoms with Crippen molar-refractivity contribution in [2.45, 2.75) is 270 Å². The van der Waals surface area contributed by atoms with Crippen LogP contribution in [0.4, 0.5) is 0 Å². The Morgan fingerprint density at radius 2 is 0.594 bits per heavy atom. The molecule has 0 bridgehead atoms. The zero-order valence-electron chi connectivity index (χ0n) is 71.1. The van der Waals surface area contributed by atoms with Crippen LogP contribution in [0.5, 0.6) is 0 Å². The molecule has 48 nitrogen and oxygen atoms in total. The molecule has 8 rings (SSSR count). The summed E-state index contributed by atoms with van der Waals surface area (Å²) in [7, 11) is 2.45. The largest absolute Gasteiger partial charge is 0.394 e. The number of hydrogen-bond donors (Lipinski definition) is 31. The highest BCUT2D eigenvalue weighted by atomic mass is 32.2. The Labute approximate surface area is 768 Å². The van der Waals surface area contributed by atoms with Crippen molar-refractivity contribution in [3.63, 3.8) is 0 Å². The fourth-order valence-electron chi connectivity index (χ4n) is 15.3. The molecule has 31 N–H and O–H groups in total. The third-order valence-corrected chi connectivity index (χ3v) is 27.8. The lowest BCUT2D eigenvalue weighted by atomic mass is 9.90. The molecule has 0 aliphatic carbocycles. The lowest BCUT2D eigenvalue weighted by molar-refractivity contribution is -0.351. The Morgan fingerprint density at radius 1 is 0.320 bits per heavy atom. The monoisotopic (exact) mass is 1970 g/mol. The van der Waals surface area contributed by atoms with Crippen molar-refractivity contribution in [1.29, 1.82) is 0 Å². The van der Waals surface area contributed by atoms with E-state index in [1.807, 2.05) is 4.90 Å². The number of rotatable bonds is 49. The SMILES string of the molecule is CO[C@@H]1OC(CO)C(O[C@@H]2OC(CNC(=S)NCCN(CCNC(=S)NCC3O[C@@H](OC4C(CO)O[C@@H](OC)C(O)C4O)C(O)C(O)C3C)CCNC(=S)NC(COCCCS[C@@H]3OC(CO)[C@H](O)[C@H](O)C3O)(COCCCS[C@@H]3OC(CO)[C@H](O)[C@H](O)C3O)COCCCS[C@@H]3OC(CO)[C@H](O[C@@H]4OC(CO)[C@H](O)[C@H](O)C4O)[C@H](O)C3O)C(C)C(O)C2O)C(O)C1O. The molecule has 8 aliphatic heterocycles. The summed E-state index contributed by atoms with van der Waals surface area (Å²) >= 11 is 20.8. The van der Waals surface area contributed by atoms with Crippen LogP contribution in [-0.4, -0.2) is 547 Å². The number of aliphatic hydroxyl groups excluding tert-OH is 25. The third-order valence-electron chi connectivity index (χ3n) is 23.2. The Balaban J connectivity index is 0.957. The maximum atomic E-state index is 11.4. The first kappa shape index (κ1) is 112. The molecule has 24 unspecified atom stereocenters. The Bertz CT molecular complexity index is 3030. The molecule has 0 aromatic carbocycles. The van der Waals surface area contributed by atoms with Gasteiger partial charge in [-0.3, -0.25) is 4.90 Å². The van der Waals surface area contributed by atoms with Crippen LogP contribution in [0.1, 0.15) is 33.1 Å².